The van der Waals surface area contributed by atoms with E-state index in [-0.39, 0.29) is 0 Å². The summed E-state index contributed by atoms with van der Waals surface area (Å²) < 4.78 is 0. The minimum absolute atomic E-state index is 0.496. The Balaban J connectivity index is 1.80. The van der Waals surface area contributed by atoms with Crippen molar-refractivity contribution in [2.75, 3.05) is 13.1 Å². The molecule has 86 valence electrons. The molecule has 0 amide bonds. The zero-order valence-corrected chi connectivity index (χ0v) is 10.5. The Labute approximate surface area is 93.4 Å². The van der Waals surface area contributed by atoms with Gasteiger partial charge in [-0.1, -0.05) is 27.7 Å². The Morgan fingerprint density at radius 2 is 2.00 bits per heavy atom. The molecule has 4 unspecified atom stereocenters. The third-order valence-corrected chi connectivity index (χ3v) is 4.90. The molecule has 0 aromatic rings. The van der Waals surface area contributed by atoms with Gasteiger partial charge in [0.25, 0.3) is 0 Å². The minimum atomic E-state index is 0.496. The van der Waals surface area contributed by atoms with Crippen molar-refractivity contribution in [1.82, 2.24) is 10.2 Å². The second-order valence-electron chi connectivity index (χ2n) is 6.86. The number of hydrogen-bond donors (Lipinski definition) is 1. The monoisotopic (exact) mass is 208 g/mol. The summed E-state index contributed by atoms with van der Waals surface area (Å²) in [6.07, 6.45) is 2.13. The van der Waals surface area contributed by atoms with Gasteiger partial charge in [-0.2, -0.15) is 0 Å². The van der Waals surface area contributed by atoms with Crippen LogP contribution in [0.1, 0.15) is 34.1 Å². The molecule has 2 saturated heterocycles. The van der Waals surface area contributed by atoms with Crippen LogP contribution in [-0.4, -0.2) is 30.2 Å². The molecule has 0 radical (unpaired) electrons. The lowest BCUT2D eigenvalue weighted by molar-refractivity contribution is -0.0746. The van der Waals surface area contributed by atoms with Gasteiger partial charge in [0, 0.05) is 12.6 Å². The molecule has 2 nitrogen and oxygen atoms in total. The summed E-state index contributed by atoms with van der Waals surface area (Å²) in [6, 6.07) is 0.897. The average Bonchev–Trinajstić information content (AvgIpc) is 2.78. The second kappa shape index (κ2) is 2.98. The number of rotatable bonds is 0. The highest BCUT2D eigenvalue weighted by Crippen LogP contribution is 2.56. The van der Waals surface area contributed by atoms with Gasteiger partial charge in [0.05, 0.1) is 6.17 Å². The quantitative estimate of drug-likeness (QED) is 0.612. The van der Waals surface area contributed by atoms with E-state index >= 15 is 0 Å². The van der Waals surface area contributed by atoms with Gasteiger partial charge in [-0.25, -0.2) is 0 Å². The highest BCUT2D eigenvalue weighted by molar-refractivity contribution is 5.11. The van der Waals surface area contributed by atoms with Crippen molar-refractivity contribution in [3.63, 3.8) is 0 Å². The van der Waals surface area contributed by atoms with Gasteiger partial charge >= 0.3 is 0 Å². The first-order valence-corrected chi connectivity index (χ1v) is 6.49. The summed E-state index contributed by atoms with van der Waals surface area (Å²) in [5, 5.41) is 3.64. The fourth-order valence-electron chi connectivity index (χ4n) is 4.47. The number of hydrogen-bond acceptors (Lipinski definition) is 2. The van der Waals surface area contributed by atoms with Crippen LogP contribution in [-0.2, 0) is 0 Å². The summed E-state index contributed by atoms with van der Waals surface area (Å²) in [7, 11) is 0. The molecule has 3 rings (SSSR count). The van der Waals surface area contributed by atoms with Crippen LogP contribution in [0.15, 0.2) is 0 Å². The van der Waals surface area contributed by atoms with Crippen LogP contribution in [0.2, 0.25) is 0 Å². The third kappa shape index (κ3) is 1.38. The predicted octanol–water partition coefficient (Wildman–Crippen LogP) is 1.92. The van der Waals surface area contributed by atoms with Gasteiger partial charge in [-0.15, -0.1) is 0 Å². The number of nitrogens with zero attached hydrogens (tertiary/aromatic N) is 1. The van der Waals surface area contributed by atoms with Crippen LogP contribution in [0.5, 0.6) is 0 Å². The zero-order chi connectivity index (χ0) is 10.8. The maximum atomic E-state index is 3.64. The smallest absolute Gasteiger partial charge is 0.0732 e. The van der Waals surface area contributed by atoms with Crippen LogP contribution in [0.4, 0.5) is 0 Å². The molecule has 0 bridgehead atoms. The first-order chi connectivity index (χ1) is 7.00. The average molecular weight is 208 g/mol. The minimum Gasteiger partial charge on any atom is -0.301 e. The summed E-state index contributed by atoms with van der Waals surface area (Å²) >= 11 is 0. The molecule has 1 N–H and O–H groups in total. The Bertz CT molecular complexity index is 268. The van der Waals surface area contributed by atoms with Gasteiger partial charge in [0.2, 0.25) is 0 Å². The summed E-state index contributed by atoms with van der Waals surface area (Å²) in [5.74, 6) is 2.79. The van der Waals surface area contributed by atoms with Crippen molar-refractivity contribution in [2.45, 2.75) is 46.3 Å². The highest BCUT2D eigenvalue weighted by Gasteiger charge is 2.59. The van der Waals surface area contributed by atoms with Crippen molar-refractivity contribution in [1.29, 1.82) is 0 Å². The molecule has 1 aliphatic carbocycles. The van der Waals surface area contributed by atoms with Crippen LogP contribution in [0.25, 0.3) is 0 Å². The van der Waals surface area contributed by atoms with Crippen molar-refractivity contribution < 1.29 is 0 Å². The second-order valence-corrected chi connectivity index (χ2v) is 6.86. The standard InChI is InChI=1S/C13H24N2/c1-8-11(13(2,3)4)9-5-6-14-10-7-15(10)12(8)9/h8-12,14H,5-7H2,1-4H3/t8?,9?,10-,11?,12-,15?/m0/s1. The zero-order valence-electron chi connectivity index (χ0n) is 10.5. The topological polar surface area (TPSA) is 15.0 Å². The molecule has 0 spiro atoms. The van der Waals surface area contributed by atoms with Crippen molar-refractivity contribution >= 4 is 0 Å². The SMILES string of the molecule is CC1C(C(C)(C)C)C2CCN[C@@H]3CN3[C@@H]12. The van der Waals surface area contributed by atoms with Crippen LogP contribution in [0, 0.1) is 23.2 Å². The van der Waals surface area contributed by atoms with Gasteiger partial charge < -0.3 is 5.32 Å². The van der Waals surface area contributed by atoms with Gasteiger partial charge in [0.15, 0.2) is 0 Å². The molecule has 3 aliphatic rings. The van der Waals surface area contributed by atoms with E-state index in [1.165, 1.54) is 19.5 Å². The first kappa shape index (κ1) is 10.1. The fraction of sp³-hybridized carbons (Fsp3) is 1.00. The summed E-state index contributed by atoms with van der Waals surface area (Å²) in [5.41, 5.74) is 0.496. The molecule has 3 fully saturated rings. The largest absolute Gasteiger partial charge is 0.301 e. The van der Waals surface area contributed by atoms with E-state index in [4.69, 9.17) is 0 Å². The molecule has 2 aliphatic heterocycles. The molecule has 1 saturated carbocycles. The first-order valence-electron chi connectivity index (χ1n) is 6.49. The normalized spacial score (nSPS) is 53.6. The van der Waals surface area contributed by atoms with Crippen LogP contribution >= 0.6 is 0 Å². The van der Waals surface area contributed by atoms with Gasteiger partial charge in [0.1, 0.15) is 0 Å². The van der Waals surface area contributed by atoms with Crippen LogP contribution < -0.4 is 5.32 Å². The van der Waals surface area contributed by atoms with Crippen molar-refractivity contribution in [3.8, 4) is 0 Å². The predicted molar refractivity (Wildman–Crippen MR) is 62.5 cm³/mol. The fourth-order valence-corrected chi connectivity index (χ4v) is 4.47. The van der Waals surface area contributed by atoms with Crippen LogP contribution in [0.3, 0.4) is 0 Å². The van der Waals surface area contributed by atoms with E-state index < -0.39 is 0 Å². The molecular formula is C13H24N2. The molecular weight excluding hydrogens is 184 g/mol. The Hall–Kier alpha value is -0.0800. The lowest BCUT2D eigenvalue weighted by atomic mass is 9.52. The van der Waals surface area contributed by atoms with Gasteiger partial charge in [-0.3, -0.25) is 4.90 Å². The lowest BCUT2D eigenvalue weighted by Gasteiger charge is -2.57. The van der Waals surface area contributed by atoms with Crippen molar-refractivity contribution in [3.05, 3.63) is 0 Å². The molecule has 6 atom stereocenters. The Morgan fingerprint density at radius 3 is 2.67 bits per heavy atom. The molecule has 0 aromatic carbocycles. The molecule has 0 aromatic heterocycles. The highest BCUT2D eigenvalue weighted by atomic mass is 15.4. The molecule has 2 heteroatoms. The third-order valence-electron chi connectivity index (χ3n) is 4.90. The molecule has 2 heterocycles. The maximum Gasteiger partial charge on any atom is 0.0732 e. The van der Waals surface area contributed by atoms with E-state index in [0.29, 0.717) is 5.41 Å². The van der Waals surface area contributed by atoms with E-state index in [1.807, 2.05) is 0 Å². The Kier molecular flexibility index (Phi) is 2.01. The van der Waals surface area contributed by atoms with Crippen molar-refractivity contribution in [2.24, 2.45) is 23.2 Å². The van der Waals surface area contributed by atoms with E-state index in [9.17, 15) is 0 Å². The van der Waals surface area contributed by atoms with E-state index in [2.05, 4.69) is 37.9 Å². The molecule has 15 heavy (non-hydrogen) atoms. The van der Waals surface area contributed by atoms with E-state index in [1.54, 1.807) is 0 Å². The maximum absolute atomic E-state index is 3.64. The summed E-state index contributed by atoms with van der Waals surface area (Å²) in [6.45, 7) is 12.3. The lowest BCUT2D eigenvalue weighted by Crippen LogP contribution is -2.58. The number of fused-ring (bicyclic) bond motifs is 3. The van der Waals surface area contributed by atoms with E-state index in [0.717, 1.165) is 30.0 Å². The van der Waals surface area contributed by atoms with Gasteiger partial charge in [-0.05, 0) is 36.1 Å². The Morgan fingerprint density at radius 1 is 1.27 bits per heavy atom. The number of nitrogens with one attached hydrogen (secondary N) is 1. The summed E-state index contributed by atoms with van der Waals surface area (Å²) in [4.78, 5) is 2.69.